The molecular weight excluding hydrogens is 268 g/mol. The Labute approximate surface area is 125 Å². The highest BCUT2D eigenvalue weighted by atomic mass is 16.6. The van der Waals surface area contributed by atoms with Crippen LogP contribution in [0.4, 0.5) is 5.69 Å². The Balaban J connectivity index is 1.98. The Morgan fingerprint density at radius 2 is 2.24 bits per heavy atom. The average molecular weight is 292 g/mol. The summed E-state index contributed by atoms with van der Waals surface area (Å²) in [6.07, 6.45) is 5.66. The van der Waals surface area contributed by atoms with Crippen LogP contribution in [0.2, 0.25) is 0 Å². The minimum Gasteiger partial charge on any atom is -0.490 e. The number of nitrogens with one attached hydrogen (secondary N) is 1. The lowest BCUT2D eigenvalue weighted by molar-refractivity contribution is -0.385. The molecule has 0 aromatic heterocycles. The van der Waals surface area contributed by atoms with Crippen molar-refractivity contribution in [3.05, 3.63) is 33.9 Å². The number of hydrogen-bond donors (Lipinski definition) is 1. The Bertz CT molecular complexity index is 486. The summed E-state index contributed by atoms with van der Waals surface area (Å²) in [6, 6.07) is 5.81. The summed E-state index contributed by atoms with van der Waals surface area (Å²) in [6.45, 7) is 3.22. The van der Waals surface area contributed by atoms with E-state index in [4.69, 9.17) is 4.74 Å². The van der Waals surface area contributed by atoms with E-state index in [9.17, 15) is 10.1 Å². The molecule has 0 spiro atoms. The van der Waals surface area contributed by atoms with Gasteiger partial charge in [-0.25, -0.2) is 0 Å². The van der Waals surface area contributed by atoms with Gasteiger partial charge in [0.25, 0.3) is 0 Å². The molecule has 0 amide bonds. The summed E-state index contributed by atoms with van der Waals surface area (Å²) >= 11 is 0. The highest BCUT2D eigenvalue weighted by molar-refractivity contribution is 5.48. The van der Waals surface area contributed by atoms with Gasteiger partial charge in [0.1, 0.15) is 0 Å². The second kappa shape index (κ2) is 7.41. The molecule has 1 atom stereocenters. The molecule has 0 heterocycles. The zero-order valence-corrected chi connectivity index (χ0v) is 12.8. The third-order valence-electron chi connectivity index (χ3n) is 4.03. The zero-order valence-electron chi connectivity index (χ0n) is 12.8. The third-order valence-corrected chi connectivity index (χ3v) is 4.03. The molecule has 0 bridgehead atoms. The highest BCUT2D eigenvalue weighted by Crippen LogP contribution is 2.35. The summed E-state index contributed by atoms with van der Waals surface area (Å²) in [5, 5.41) is 14.6. The first-order valence-corrected chi connectivity index (χ1v) is 7.70. The minimum absolute atomic E-state index is 0.0551. The summed E-state index contributed by atoms with van der Waals surface area (Å²) in [5.41, 5.74) is 1.06. The lowest BCUT2D eigenvalue weighted by atomic mass is 10.0. The zero-order chi connectivity index (χ0) is 15.2. The van der Waals surface area contributed by atoms with E-state index in [0.717, 1.165) is 37.3 Å². The number of rotatable bonds is 9. The Morgan fingerprint density at radius 3 is 2.81 bits per heavy atom. The van der Waals surface area contributed by atoms with Crippen molar-refractivity contribution in [3.8, 4) is 5.75 Å². The van der Waals surface area contributed by atoms with Gasteiger partial charge in [-0.2, -0.15) is 0 Å². The predicted molar refractivity (Wildman–Crippen MR) is 82.8 cm³/mol. The number of methoxy groups -OCH3 is 1. The molecule has 1 N–H and O–H groups in total. The summed E-state index contributed by atoms with van der Waals surface area (Å²) in [4.78, 5) is 10.7. The fraction of sp³-hybridized carbons (Fsp3) is 0.625. The van der Waals surface area contributed by atoms with Gasteiger partial charge < -0.3 is 10.1 Å². The van der Waals surface area contributed by atoms with Crippen LogP contribution in [0.1, 0.15) is 38.2 Å². The Morgan fingerprint density at radius 1 is 1.48 bits per heavy atom. The van der Waals surface area contributed by atoms with E-state index in [1.807, 2.05) is 6.07 Å². The van der Waals surface area contributed by atoms with Gasteiger partial charge in [0, 0.05) is 12.1 Å². The van der Waals surface area contributed by atoms with Gasteiger partial charge in [0.05, 0.1) is 12.0 Å². The van der Waals surface area contributed by atoms with Crippen molar-refractivity contribution in [2.45, 2.75) is 45.1 Å². The molecule has 1 fully saturated rings. The number of nitro groups is 1. The van der Waals surface area contributed by atoms with Crippen LogP contribution >= 0.6 is 0 Å². The molecule has 21 heavy (non-hydrogen) atoms. The van der Waals surface area contributed by atoms with Crippen molar-refractivity contribution in [1.29, 1.82) is 0 Å². The molecule has 116 valence electrons. The van der Waals surface area contributed by atoms with Crippen molar-refractivity contribution in [2.24, 2.45) is 5.92 Å². The molecule has 1 aromatic rings. The standard InChI is InChI=1S/C16H24N2O3/c1-3-10-17-14(13-6-7-13)8-4-12-5-9-16(21-2)15(11-12)18(19)20/h5,9,11,13-14,17H,3-4,6-8,10H2,1-2H3. The largest absolute Gasteiger partial charge is 0.490 e. The van der Waals surface area contributed by atoms with E-state index in [1.165, 1.54) is 20.0 Å². The molecule has 1 unspecified atom stereocenters. The first kappa shape index (κ1) is 15.8. The van der Waals surface area contributed by atoms with E-state index in [2.05, 4.69) is 12.2 Å². The monoisotopic (exact) mass is 292 g/mol. The Kier molecular flexibility index (Phi) is 5.56. The van der Waals surface area contributed by atoms with Crippen molar-refractivity contribution < 1.29 is 9.66 Å². The Hall–Kier alpha value is -1.62. The van der Waals surface area contributed by atoms with Crippen LogP contribution in [0.5, 0.6) is 5.75 Å². The smallest absolute Gasteiger partial charge is 0.311 e. The molecule has 1 aliphatic carbocycles. The van der Waals surface area contributed by atoms with E-state index in [1.54, 1.807) is 12.1 Å². The molecular formula is C16H24N2O3. The van der Waals surface area contributed by atoms with E-state index in [0.29, 0.717) is 11.8 Å². The van der Waals surface area contributed by atoms with Crippen molar-refractivity contribution in [3.63, 3.8) is 0 Å². The lowest BCUT2D eigenvalue weighted by Crippen LogP contribution is -2.32. The number of hydrogen-bond acceptors (Lipinski definition) is 4. The minimum atomic E-state index is -0.379. The van der Waals surface area contributed by atoms with Gasteiger partial charge >= 0.3 is 5.69 Å². The molecule has 1 aromatic carbocycles. The van der Waals surface area contributed by atoms with Crippen LogP contribution in [0.25, 0.3) is 0 Å². The molecule has 5 heteroatoms. The van der Waals surface area contributed by atoms with E-state index < -0.39 is 0 Å². The van der Waals surface area contributed by atoms with Gasteiger partial charge in [-0.05, 0) is 56.2 Å². The van der Waals surface area contributed by atoms with Crippen molar-refractivity contribution in [2.75, 3.05) is 13.7 Å². The molecule has 2 rings (SSSR count). The molecule has 1 aliphatic rings. The average Bonchev–Trinajstić information content (AvgIpc) is 3.31. The number of nitro benzene ring substituents is 1. The maximum Gasteiger partial charge on any atom is 0.311 e. The molecule has 0 aliphatic heterocycles. The second-order valence-electron chi connectivity index (χ2n) is 5.70. The van der Waals surface area contributed by atoms with Crippen molar-refractivity contribution >= 4 is 5.69 Å². The van der Waals surface area contributed by atoms with Crippen LogP contribution in [0.15, 0.2) is 18.2 Å². The van der Waals surface area contributed by atoms with E-state index in [-0.39, 0.29) is 10.6 Å². The van der Waals surface area contributed by atoms with Gasteiger partial charge in [0.2, 0.25) is 0 Å². The van der Waals surface area contributed by atoms with Crippen molar-refractivity contribution in [1.82, 2.24) is 5.32 Å². The van der Waals surface area contributed by atoms with Gasteiger partial charge in [-0.15, -0.1) is 0 Å². The predicted octanol–water partition coefficient (Wildman–Crippen LogP) is 3.31. The molecule has 0 saturated heterocycles. The van der Waals surface area contributed by atoms with Crippen LogP contribution in [-0.2, 0) is 6.42 Å². The van der Waals surface area contributed by atoms with Gasteiger partial charge in [-0.3, -0.25) is 10.1 Å². The number of ether oxygens (including phenoxy) is 1. The topological polar surface area (TPSA) is 64.4 Å². The SMILES string of the molecule is CCCNC(CCc1ccc(OC)c([N+](=O)[O-])c1)C1CC1. The first-order valence-electron chi connectivity index (χ1n) is 7.70. The van der Waals surface area contributed by atoms with Gasteiger partial charge in [0.15, 0.2) is 5.75 Å². The summed E-state index contributed by atoms with van der Waals surface area (Å²) in [5.74, 6) is 1.12. The molecule has 0 radical (unpaired) electrons. The van der Waals surface area contributed by atoms with Gasteiger partial charge in [-0.1, -0.05) is 13.0 Å². The van der Waals surface area contributed by atoms with Crippen LogP contribution in [-0.4, -0.2) is 24.6 Å². The van der Waals surface area contributed by atoms with Crippen LogP contribution in [0, 0.1) is 16.0 Å². The van der Waals surface area contributed by atoms with Crippen LogP contribution < -0.4 is 10.1 Å². The third kappa shape index (κ3) is 4.43. The summed E-state index contributed by atoms with van der Waals surface area (Å²) in [7, 11) is 1.46. The first-order chi connectivity index (χ1) is 10.2. The summed E-state index contributed by atoms with van der Waals surface area (Å²) < 4.78 is 5.03. The van der Waals surface area contributed by atoms with E-state index >= 15 is 0 Å². The highest BCUT2D eigenvalue weighted by Gasteiger charge is 2.30. The molecule has 5 nitrogen and oxygen atoms in total. The number of benzene rings is 1. The fourth-order valence-corrected chi connectivity index (χ4v) is 2.69. The molecule has 1 saturated carbocycles. The lowest BCUT2D eigenvalue weighted by Gasteiger charge is -2.18. The maximum absolute atomic E-state index is 11.0. The van der Waals surface area contributed by atoms with Crippen LogP contribution in [0.3, 0.4) is 0 Å². The second-order valence-corrected chi connectivity index (χ2v) is 5.70. The normalized spacial score (nSPS) is 15.7. The quantitative estimate of drug-likeness (QED) is 0.560. The fourth-order valence-electron chi connectivity index (χ4n) is 2.69. The maximum atomic E-state index is 11.0. The number of nitrogens with zero attached hydrogens (tertiary/aromatic N) is 1. The number of aryl methyl sites for hydroxylation is 1.